The smallest absolute Gasteiger partial charge is 0.112 e. The van der Waals surface area contributed by atoms with Crippen LogP contribution in [0.3, 0.4) is 0 Å². The highest BCUT2D eigenvalue weighted by atomic mass is 16.6. The zero-order chi connectivity index (χ0) is 30.0. The molecule has 2 fully saturated rings. The van der Waals surface area contributed by atoms with E-state index in [1.54, 1.807) is 0 Å². The van der Waals surface area contributed by atoms with Crippen LogP contribution in [0.4, 0.5) is 0 Å². The summed E-state index contributed by atoms with van der Waals surface area (Å²) < 4.78 is 18.6. The summed E-state index contributed by atoms with van der Waals surface area (Å²) in [5.41, 5.74) is 12.1. The Balaban J connectivity index is 0.936. The van der Waals surface area contributed by atoms with Crippen molar-refractivity contribution in [2.45, 2.75) is 24.4 Å². The second kappa shape index (κ2) is 12.3. The first-order valence-corrected chi connectivity index (χ1v) is 15.7. The Bertz CT molecular complexity index is 1780. The van der Waals surface area contributed by atoms with Gasteiger partial charge in [-0.3, -0.25) is 0 Å². The molecule has 2 aliphatic heterocycles. The van der Waals surface area contributed by atoms with Crippen LogP contribution < -0.4 is 0 Å². The number of ether oxygens (including phenoxy) is 3. The predicted molar refractivity (Wildman–Crippen MR) is 181 cm³/mol. The fraction of sp³-hybridized carbons (Fsp3) is 0.143. The van der Waals surface area contributed by atoms with Gasteiger partial charge < -0.3 is 14.2 Å². The topological polar surface area (TPSA) is 34.3 Å². The molecular weight excluding hydrogens is 552 g/mol. The molecule has 0 spiro atoms. The Morgan fingerprint density at radius 3 is 1.11 bits per heavy atom. The average Bonchev–Trinajstić information content (AvgIpc) is 4.06. The molecule has 4 unspecified atom stereocenters. The molecule has 0 N–H and O–H groups in total. The van der Waals surface area contributed by atoms with E-state index in [1.807, 2.05) is 0 Å². The van der Waals surface area contributed by atoms with Crippen molar-refractivity contribution in [3.8, 4) is 44.5 Å². The second-order valence-electron chi connectivity index (χ2n) is 11.7. The molecule has 4 atom stereocenters. The third-order valence-electron chi connectivity index (χ3n) is 8.87. The lowest BCUT2D eigenvalue weighted by Gasteiger charge is -2.13. The van der Waals surface area contributed by atoms with E-state index in [4.69, 9.17) is 14.2 Å². The molecule has 2 heterocycles. The Kier molecular flexibility index (Phi) is 7.58. The highest BCUT2D eigenvalue weighted by Gasteiger charge is 2.44. The summed E-state index contributed by atoms with van der Waals surface area (Å²) in [6, 6.07) is 55.5. The zero-order valence-corrected chi connectivity index (χ0v) is 25.0. The molecule has 0 saturated carbocycles. The number of epoxide rings is 2. The monoisotopic (exact) mass is 586 g/mol. The van der Waals surface area contributed by atoms with Gasteiger partial charge in [-0.25, -0.2) is 0 Å². The first-order chi connectivity index (χ1) is 22.3. The van der Waals surface area contributed by atoms with Crippen LogP contribution in [0.2, 0.25) is 0 Å². The standard InChI is InChI=1S/C42H34O3/c1-3-15-29(16-4-1)31-19-7-9-21-33(31)35-23-11-13-25-37(35)41-39(44-41)27-43-28-40-42(45-40)38-26-14-12-24-36(38)34-22-10-8-20-32(34)30-17-5-2-6-18-30/h1-26,39-42H,27-28H2. The van der Waals surface area contributed by atoms with E-state index in [0.717, 1.165) is 0 Å². The van der Waals surface area contributed by atoms with Gasteiger partial charge in [-0.1, -0.05) is 158 Å². The summed E-state index contributed by atoms with van der Waals surface area (Å²) in [7, 11) is 0. The molecule has 0 amide bonds. The largest absolute Gasteiger partial charge is 0.376 e. The quantitative estimate of drug-likeness (QED) is 0.150. The molecule has 0 radical (unpaired) electrons. The van der Waals surface area contributed by atoms with Crippen LogP contribution in [0.5, 0.6) is 0 Å². The molecule has 0 aromatic heterocycles. The lowest BCUT2D eigenvalue weighted by atomic mass is 9.90. The SMILES string of the molecule is c1ccc(-c2ccccc2-c2ccccc2C2OC2COCC2OC2c2ccccc2-c2ccccc2-c2ccccc2)cc1. The maximum atomic E-state index is 6.21. The summed E-state index contributed by atoms with van der Waals surface area (Å²) in [6.07, 6.45) is 0.127. The van der Waals surface area contributed by atoms with Gasteiger partial charge in [0.25, 0.3) is 0 Å². The highest BCUT2D eigenvalue weighted by molar-refractivity contribution is 5.86. The van der Waals surface area contributed by atoms with Crippen LogP contribution in [0.1, 0.15) is 23.3 Å². The molecule has 2 aliphatic rings. The van der Waals surface area contributed by atoms with Gasteiger partial charge in [0.05, 0.1) is 13.2 Å². The molecule has 45 heavy (non-hydrogen) atoms. The normalized spacial score (nSPS) is 20.1. The third kappa shape index (κ3) is 5.74. The zero-order valence-electron chi connectivity index (χ0n) is 25.0. The van der Waals surface area contributed by atoms with Gasteiger partial charge >= 0.3 is 0 Å². The van der Waals surface area contributed by atoms with Crippen molar-refractivity contribution < 1.29 is 14.2 Å². The van der Waals surface area contributed by atoms with Crippen LogP contribution in [-0.2, 0) is 14.2 Å². The number of rotatable bonds is 10. The van der Waals surface area contributed by atoms with Crippen molar-refractivity contribution in [3.05, 3.63) is 169 Å². The van der Waals surface area contributed by atoms with E-state index in [-0.39, 0.29) is 24.4 Å². The van der Waals surface area contributed by atoms with Crippen molar-refractivity contribution in [2.24, 2.45) is 0 Å². The molecule has 6 aromatic carbocycles. The summed E-state index contributed by atoms with van der Waals surface area (Å²) in [5.74, 6) is 0. The van der Waals surface area contributed by atoms with Crippen LogP contribution in [0, 0.1) is 0 Å². The van der Waals surface area contributed by atoms with Crippen molar-refractivity contribution in [2.75, 3.05) is 13.2 Å². The van der Waals surface area contributed by atoms with E-state index in [1.165, 1.54) is 55.6 Å². The number of benzene rings is 6. The molecule has 220 valence electrons. The van der Waals surface area contributed by atoms with Gasteiger partial charge in [0.2, 0.25) is 0 Å². The van der Waals surface area contributed by atoms with E-state index in [9.17, 15) is 0 Å². The van der Waals surface area contributed by atoms with E-state index >= 15 is 0 Å². The average molecular weight is 587 g/mol. The van der Waals surface area contributed by atoms with Crippen LogP contribution in [0.15, 0.2) is 158 Å². The minimum atomic E-state index is 0.0242. The first kappa shape index (κ1) is 27.7. The summed E-state index contributed by atoms with van der Waals surface area (Å²) >= 11 is 0. The molecular formula is C42H34O3. The Morgan fingerprint density at radius 1 is 0.356 bits per heavy atom. The predicted octanol–water partition coefficient (Wildman–Crippen LogP) is 9.95. The maximum Gasteiger partial charge on any atom is 0.112 e. The van der Waals surface area contributed by atoms with Crippen molar-refractivity contribution in [3.63, 3.8) is 0 Å². The van der Waals surface area contributed by atoms with Gasteiger partial charge in [0.15, 0.2) is 0 Å². The van der Waals surface area contributed by atoms with Gasteiger partial charge in [0.1, 0.15) is 24.4 Å². The molecule has 8 rings (SSSR count). The Morgan fingerprint density at radius 2 is 0.689 bits per heavy atom. The number of hydrogen-bond acceptors (Lipinski definition) is 3. The van der Waals surface area contributed by atoms with Gasteiger partial charge in [-0.15, -0.1) is 0 Å². The number of hydrogen-bond donors (Lipinski definition) is 0. The second-order valence-corrected chi connectivity index (χ2v) is 11.7. The van der Waals surface area contributed by atoms with Gasteiger partial charge in [0, 0.05) is 0 Å². The molecule has 2 saturated heterocycles. The summed E-state index contributed by atoms with van der Waals surface area (Å²) in [4.78, 5) is 0. The molecule has 6 aromatic rings. The van der Waals surface area contributed by atoms with Crippen molar-refractivity contribution in [1.82, 2.24) is 0 Å². The lowest BCUT2D eigenvalue weighted by molar-refractivity contribution is 0.102. The third-order valence-corrected chi connectivity index (χ3v) is 8.87. The maximum absolute atomic E-state index is 6.21. The van der Waals surface area contributed by atoms with Crippen LogP contribution >= 0.6 is 0 Å². The fourth-order valence-electron chi connectivity index (χ4n) is 6.54. The molecule has 0 bridgehead atoms. The minimum absolute atomic E-state index is 0.0242. The first-order valence-electron chi connectivity index (χ1n) is 15.7. The van der Waals surface area contributed by atoms with Gasteiger partial charge in [-0.2, -0.15) is 0 Å². The highest BCUT2D eigenvalue weighted by Crippen LogP contribution is 2.47. The fourth-order valence-corrected chi connectivity index (χ4v) is 6.54. The lowest BCUT2D eigenvalue weighted by Crippen LogP contribution is -2.09. The van der Waals surface area contributed by atoms with E-state index in [0.29, 0.717) is 13.2 Å². The van der Waals surface area contributed by atoms with E-state index < -0.39 is 0 Å². The minimum Gasteiger partial charge on any atom is -0.376 e. The van der Waals surface area contributed by atoms with Crippen LogP contribution in [0.25, 0.3) is 44.5 Å². The molecule has 0 aliphatic carbocycles. The Hall–Kier alpha value is -4.80. The summed E-state index contributed by atoms with van der Waals surface area (Å²) in [5, 5.41) is 0. The summed E-state index contributed by atoms with van der Waals surface area (Å²) in [6.45, 7) is 1.09. The Labute approximate surface area is 264 Å². The molecule has 3 nitrogen and oxygen atoms in total. The van der Waals surface area contributed by atoms with Crippen molar-refractivity contribution in [1.29, 1.82) is 0 Å². The van der Waals surface area contributed by atoms with Gasteiger partial charge in [-0.05, 0) is 55.6 Å². The van der Waals surface area contributed by atoms with E-state index in [2.05, 4.69) is 158 Å². The van der Waals surface area contributed by atoms with Crippen LogP contribution in [-0.4, -0.2) is 25.4 Å². The molecule has 3 heteroatoms. The van der Waals surface area contributed by atoms with Crippen molar-refractivity contribution >= 4 is 0 Å².